The van der Waals surface area contributed by atoms with Crippen LogP contribution in [-0.2, 0) is 20.8 Å². The molecule has 216 valence electrons. The number of methoxy groups -OCH3 is 2. The molecule has 0 saturated carbocycles. The highest BCUT2D eigenvalue weighted by Crippen LogP contribution is 2.37. The topological polar surface area (TPSA) is 115 Å². The first kappa shape index (κ1) is 29.0. The Hall–Kier alpha value is -4.50. The molecule has 4 heterocycles. The van der Waals surface area contributed by atoms with Crippen LogP contribution in [0.3, 0.4) is 0 Å². The molecule has 0 N–H and O–H groups in total. The molecular formula is C31H31FN6O4. The van der Waals surface area contributed by atoms with E-state index in [1.165, 1.54) is 19.4 Å². The van der Waals surface area contributed by atoms with Gasteiger partial charge in [0, 0.05) is 56.9 Å². The molecule has 0 aliphatic carbocycles. The van der Waals surface area contributed by atoms with Gasteiger partial charge in [-0.2, -0.15) is 19.8 Å². The van der Waals surface area contributed by atoms with E-state index < -0.39 is 12.1 Å². The lowest BCUT2D eigenvalue weighted by molar-refractivity contribution is -0.155. The molecule has 0 amide bonds. The predicted molar refractivity (Wildman–Crippen MR) is 151 cm³/mol. The Bertz CT molecular complexity index is 1600. The number of pyridine rings is 2. The summed E-state index contributed by atoms with van der Waals surface area (Å²) in [6, 6.07) is 16.4. The quantitative estimate of drug-likeness (QED) is 0.242. The Balaban J connectivity index is 1.45. The summed E-state index contributed by atoms with van der Waals surface area (Å²) in [4.78, 5) is 27.8. The van der Waals surface area contributed by atoms with E-state index in [9.17, 15) is 14.4 Å². The van der Waals surface area contributed by atoms with Crippen molar-refractivity contribution in [1.82, 2.24) is 24.8 Å². The second-order valence-electron chi connectivity index (χ2n) is 10.1. The van der Waals surface area contributed by atoms with Crippen LogP contribution in [0.1, 0.15) is 34.9 Å². The van der Waals surface area contributed by atoms with Crippen LogP contribution >= 0.6 is 0 Å². The van der Waals surface area contributed by atoms with E-state index in [1.54, 1.807) is 35.2 Å². The molecule has 1 fully saturated rings. The van der Waals surface area contributed by atoms with Crippen LogP contribution in [0.25, 0.3) is 16.9 Å². The minimum absolute atomic E-state index is 0.00554. The van der Waals surface area contributed by atoms with Crippen molar-refractivity contribution < 1.29 is 23.5 Å². The summed E-state index contributed by atoms with van der Waals surface area (Å²) < 4.78 is 26.1. The Morgan fingerprint density at radius 3 is 2.71 bits per heavy atom. The summed E-state index contributed by atoms with van der Waals surface area (Å²) in [5.74, 6) is -0.570. The second-order valence-corrected chi connectivity index (χ2v) is 10.1. The van der Waals surface area contributed by atoms with E-state index in [-0.39, 0.29) is 30.4 Å². The van der Waals surface area contributed by atoms with Gasteiger partial charge in [-0.05, 0) is 48.4 Å². The van der Waals surface area contributed by atoms with Crippen LogP contribution in [0.15, 0.2) is 60.9 Å². The normalized spacial score (nSPS) is 16.8. The van der Waals surface area contributed by atoms with Crippen LogP contribution in [0.4, 0.5) is 4.39 Å². The molecule has 11 heteroatoms. The number of Topliss-reactive ketones (excluding diaryl/α,β-unsaturated/α-hetero) is 1. The summed E-state index contributed by atoms with van der Waals surface area (Å²) in [6.45, 7) is 3.40. The van der Waals surface area contributed by atoms with Crippen molar-refractivity contribution in [2.24, 2.45) is 5.92 Å². The van der Waals surface area contributed by atoms with E-state index in [4.69, 9.17) is 19.4 Å². The van der Waals surface area contributed by atoms with E-state index in [0.717, 1.165) is 16.9 Å². The van der Waals surface area contributed by atoms with E-state index >= 15 is 0 Å². The largest absolute Gasteiger partial charge is 0.480 e. The molecule has 0 spiro atoms. The maximum absolute atomic E-state index is 14.0. The molecule has 1 aromatic carbocycles. The molecule has 5 rings (SSSR count). The van der Waals surface area contributed by atoms with Gasteiger partial charge in [-0.15, -0.1) is 0 Å². The highest BCUT2D eigenvalue weighted by atomic mass is 19.1. The van der Waals surface area contributed by atoms with E-state index in [0.29, 0.717) is 42.1 Å². The first-order valence-electron chi connectivity index (χ1n) is 13.5. The number of halogens is 1. The van der Waals surface area contributed by atoms with Crippen molar-refractivity contribution in [2.45, 2.75) is 25.9 Å². The Morgan fingerprint density at radius 2 is 2.00 bits per heavy atom. The molecule has 0 unspecified atom stereocenters. The Kier molecular flexibility index (Phi) is 8.97. The SMILES string of the molecule is COCCN1C[C@@H](CC(=O)Cc2c(C)c(-c3cnc(OC)c(C#N)c3)nn2-c2ccccc2)[C@H](c2ccnc(F)c2)O1. The molecule has 3 aromatic heterocycles. The Labute approximate surface area is 243 Å². The first-order valence-corrected chi connectivity index (χ1v) is 13.5. The minimum Gasteiger partial charge on any atom is -0.480 e. The smallest absolute Gasteiger partial charge is 0.231 e. The third-order valence-corrected chi connectivity index (χ3v) is 7.29. The number of aromatic nitrogens is 4. The van der Waals surface area contributed by atoms with Gasteiger partial charge in [-0.25, -0.2) is 14.6 Å². The summed E-state index contributed by atoms with van der Waals surface area (Å²) >= 11 is 0. The molecule has 2 atom stereocenters. The van der Waals surface area contributed by atoms with Gasteiger partial charge >= 0.3 is 0 Å². The van der Waals surface area contributed by atoms with Crippen molar-refractivity contribution >= 4 is 5.78 Å². The Morgan fingerprint density at radius 1 is 1.19 bits per heavy atom. The average molecular weight is 571 g/mol. The van der Waals surface area contributed by atoms with Crippen LogP contribution < -0.4 is 4.74 Å². The number of hydrogen-bond donors (Lipinski definition) is 0. The molecule has 42 heavy (non-hydrogen) atoms. The third kappa shape index (κ3) is 6.21. The zero-order valence-electron chi connectivity index (χ0n) is 23.7. The van der Waals surface area contributed by atoms with Crippen molar-refractivity contribution in [3.8, 4) is 28.9 Å². The number of nitriles is 1. The lowest BCUT2D eigenvalue weighted by atomic mass is 9.91. The highest BCUT2D eigenvalue weighted by molar-refractivity contribution is 5.82. The predicted octanol–water partition coefficient (Wildman–Crippen LogP) is 4.41. The number of para-hydroxylation sites is 1. The van der Waals surface area contributed by atoms with E-state index in [2.05, 4.69) is 16.0 Å². The number of rotatable bonds is 11. The number of hydrogen-bond acceptors (Lipinski definition) is 9. The number of ketones is 1. The summed E-state index contributed by atoms with van der Waals surface area (Å²) in [5.41, 5.74) is 4.53. The van der Waals surface area contributed by atoms with Gasteiger partial charge in [0.15, 0.2) is 0 Å². The van der Waals surface area contributed by atoms with Gasteiger partial charge in [0.05, 0.1) is 30.8 Å². The van der Waals surface area contributed by atoms with Crippen LogP contribution in [0, 0.1) is 30.1 Å². The van der Waals surface area contributed by atoms with Gasteiger partial charge in [0.25, 0.3) is 0 Å². The lowest BCUT2D eigenvalue weighted by Gasteiger charge is -2.17. The summed E-state index contributed by atoms with van der Waals surface area (Å²) in [7, 11) is 3.08. The maximum atomic E-state index is 14.0. The molecule has 1 aliphatic rings. The number of hydroxylamine groups is 2. The molecule has 10 nitrogen and oxygen atoms in total. The van der Waals surface area contributed by atoms with Gasteiger partial charge in [-0.3, -0.25) is 9.63 Å². The number of benzene rings is 1. The molecule has 0 bridgehead atoms. The van der Waals surface area contributed by atoms with Gasteiger partial charge < -0.3 is 9.47 Å². The molecule has 1 aliphatic heterocycles. The minimum atomic E-state index is -0.598. The fourth-order valence-electron chi connectivity index (χ4n) is 5.25. The number of carbonyl (C=O) groups excluding carboxylic acids is 1. The fraction of sp³-hybridized carbons (Fsp3) is 0.323. The number of carbonyl (C=O) groups is 1. The first-order chi connectivity index (χ1) is 20.4. The average Bonchev–Trinajstić information content (AvgIpc) is 3.56. The molecule has 1 saturated heterocycles. The monoisotopic (exact) mass is 570 g/mol. The molecule has 0 radical (unpaired) electrons. The third-order valence-electron chi connectivity index (χ3n) is 7.29. The molecular weight excluding hydrogens is 539 g/mol. The van der Waals surface area contributed by atoms with Gasteiger partial charge in [0.1, 0.15) is 23.5 Å². The van der Waals surface area contributed by atoms with Crippen molar-refractivity contribution in [3.63, 3.8) is 0 Å². The van der Waals surface area contributed by atoms with E-state index in [1.807, 2.05) is 37.3 Å². The highest BCUT2D eigenvalue weighted by Gasteiger charge is 2.37. The maximum Gasteiger partial charge on any atom is 0.231 e. The lowest BCUT2D eigenvalue weighted by Crippen LogP contribution is -2.24. The standard InChI is InChI=1S/C31H31FN6O4/c1-20-27(16-26(39)14-24-19-37(11-12-40-2)42-30(24)21-9-10-34-28(32)15-21)38(25-7-5-4-6-8-25)36-29(20)23-13-22(17-33)31(41-3)35-18-23/h4-10,13,15,18,24,30H,11-12,14,16,19H2,1-3H3/t24-,30+/m1/s1. The fourth-order valence-corrected chi connectivity index (χ4v) is 5.25. The van der Waals surface area contributed by atoms with Gasteiger partial charge in [-0.1, -0.05) is 18.2 Å². The van der Waals surface area contributed by atoms with Gasteiger partial charge in [0.2, 0.25) is 11.8 Å². The van der Waals surface area contributed by atoms with Crippen LogP contribution in [-0.4, -0.2) is 64.5 Å². The number of nitrogens with zero attached hydrogens (tertiary/aromatic N) is 6. The van der Waals surface area contributed by atoms with Crippen molar-refractivity contribution in [1.29, 1.82) is 5.26 Å². The van der Waals surface area contributed by atoms with Crippen molar-refractivity contribution in [3.05, 3.63) is 89.3 Å². The summed E-state index contributed by atoms with van der Waals surface area (Å²) in [6.07, 6.45) is 2.86. The summed E-state index contributed by atoms with van der Waals surface area (Å²) in [5, 5.41) is 16.2. The molecule has 4 aromatic rings. The number of ether oxygens (including phenoxy) is 2. The second kappa shape index (κ2) is 13.0. The van der Waals surface area contributed by atoms with Crippen molar-refractivity contribution in [2.75, 3.05) is 33.9 Å². The van der Waals surface area contributed by atoms with Crippen LogP contribution in [0.5, 0.6) is 5.88 Å². The zero-order chi connectivity index (χ0) is 29.6. The van der Waals surface area contributed by atoms with Crippen LogP contribution in [0.2, 0.25) is 0 Å². The zero-order valence-corrected chi connectivity index (χ0v) is 23.7.